The van der Waals surface area contributed by atoms with E-state index in [2.05, 4.69) is 44.5 Å². The maximum absolute atomic E-state index is 5.54. The largest absolute Gasteiger partial charge is 0.493 e. The lowest BCUT2D eigenvalue weighted by Crippen LogP contribution is -2.23. The highest BCUT2D eigenvalue weighted by atomic mass is 16.6. The maximum Gasteiger partial charge on any atom is 0.122 e. The smallest absolute Gasteiger partial charge is 0.122 e. The van der Waals surface area contributed by atoms with Crippen LogP contribution in [0.4, 0.5) is 0 Å². The first kappa shape index (κ1) is 13.4. The van der Waals surface area contributed by atoms with Crippen LogP contribution in [0.3, 0.4) is 0 Å². The van der Waals surface area contributed by atoms with Crippen molar-refractivity contribution >= 4 is 0 Å². The first-order chi connectivity index (χ1) is 8.70. The second-order valence-corrected chi connectivity index (χ2v) is 5.25. The Balaban J connectivity index is 1.99. The van der Waals surface area contributed by atoms with E-state index in [0.29, 0.717) is 5.92 Å². The van der Waals surface area contributed by atoms with Gasteiger partial charge in [-0.1, -0.05) is 32.9 Å². The summed E-state index contributed by atoms with van der Waals surface area (Å²) in [7, 11) is 0. The molecule has 1 heterocycles. The van der Waals surface area contributed by atoms with Gasteiger partial charge in [0.25, 0.3) is 0 Å². The third-order valence-corrected chi connectivity index (χ3v) is 3.17. The molecule has 1 aliphatic heterocycles. The Kier molecular flexibility index (Phi) is 4.61. The van der Waals surface area contributed by atoms with E-state index in [1.807, 2.05) is 0 Å². The third kappa shape index (κ3) is 3.24. The van der Waals surface area contributed by atoms with Gasteiger partial charge in [-0.3, -0.25) is 0 Å². The second kappa shape index (κ2) is 6.21. The predicted octanol–water partition coefficient (Wildman–Crippen LogP) is 3.25. The summed E-state index contributed by atoms with van der Waals surface area (Å²) in [6, 6.07) is 6.70. The average Bonchev–Trinajstić information content (AvgIpc) is 2.81. The van der Waals surface area contributed by atoms with Gasteiger partial charge in [-0.05, 0) is 29.5 Å². The van der Waals surface area contributed by atoms with Gasteiger partial charge in [0.05, 0.1) is 19.3 Å². The molecule has 0 amide bonds. The monoisotopic (exact) mass is 249 g/mol. The molecular weight excluding hydrogens is 226 g/mol. The molecule has 1 aliphatic rings. The zero-order chi connectivity index (χ0) is 13.0. The number of rotatable bonds is 6. The van der Waals surface area contributed by atoms with Crippen molar-refractivity contribution in [3.8, 4) is 5.75 Å². The second-order valence-electron chi connectivity index (χ2n) is 5.25. The van der Waals surface area contributed by atoms with Crippen LogP contribution in [0, 0.1) is 5.92 Å². The quantitative estimate of drug-likeness (QED) is 0.785. The Labute approximate surface area is 109 Å². The molecule has 18 heavy (non-hydrogen) atoms. The van der Waals surface area contributed by atoms with E-state index in [0.717, 1.165) is 31.8 Å². The predicted molar refractivity (Wildman–Crippen MR) is 72.6 cm³/mol. The minimum atomic E-state index is 0.259. The van der Waals surface area contributed by atoms with Crippen LogP contribution in [0.2, 0.25) is 0 Å². The molecule has 0 aliphatic carbocycles. The summed E-state index contributed by atoms with van der Waals surface area (Å²) < 4.78 is 5.53. The first-order valence-corrected chi connectivity index (χ1v) is 6.83. The molecule has 1 N–H and O–H groups in total. The van der Waals surface area contributed by atoms with E-state index in [1.54, 1.807) is 0 Å². The van der Waals surface area contributed by atoms with Crippen LogP contribution >= 0.6 is 0 Å². The first-order valence-electron chi connectivity index (χ1n) is 6.83. The van der Waals surface area contributed by atoms with E-state index in [9.17, 15) is 0 Å². The van der Waals surface area contributed by atoms with Gasteiger partial charge in [0.15, 0.2) is 0 Å². The van der Waals surface area contributed by atoms with Crippen LogP contribution in [0.15, 0.2) is 18.2 Å². The Morgan fingerprint density at radius 3 is 2.94 bits per heavy atom. The number of ether oxygens (including phenoxy) is 1. The van der Waals surface area contributed by atoms with Crippen LogP contribution in [0.25, 0.3) is 0 Å². The van der Waals surface area contributed by atoms with E-state index in [-0.39, 0.29) is 6.04 Å². The van der Waals surface area contributed by atoms with Crippen LogP contribution in [-0.2, 0) is 11.3 Å². The van der Waals surface area contributed by atoms with Gasteiger partial charge in [-0.25, -0.2) is 0 Å². The Morgan fingerprint density at radius 1 is 1.39 bits per heavy atom. The molecule has 3 nitrogen and oxygen atoms in total. The van der Waals surface area contributed by atoms with Gasteiger partial charge in [0.1, 0.15) is 5.75 Å². The number of benzene rings is 1. The van der Waals surface area contributed by atoms with Crippen LogP contribution in [0.1, 0.15) is 44.4 Å². The van der Waals surface area contributed by atoms with Crippen molar-refractivity contribution in [1.82, 2.24) is 5.48 Å². The molecule has 1 aromatic carbocycles. The van der Waals surface area contributed by atoms with Gasteiger partial charge in [0.2, 0.25) is 0 Å². The molecule has 3 heteroatoms. The fraction of sp³-hybridized carbons (Fsp3) is 0.600. The fourth-order valence-electron chi connectivity index (χ4n) is 2.13. The molecule has 0 bridgehead atoms. The van der Waals surface area contributed by atoms with E-state index >= 15 is 0 Å². The maximum atomic E-state index is 5.54. The van der Waals surface area contributed by atoms with Crippen molar-refractivity contribution < 1.29 is 9.57 Å². The zero-order valence-electron chi connectivity index (χ0n) is 11.5. The SMILES string of the molecule is CCC(NOCC(C)C)c1ccc2c(c1)CCO2. The van der Waals surface area contributed by atoms with Crippen molar-refractivity contribution in [2.75, 3.05) is 13.2 Å². The summed E-state index contributed by atoms with van der Waals surface area (Å²) in [6.07, 6.45) is 2.03. The van der Waals surface area contributed by atoms with Crippen LogP contribution in [-0.4, -0.2) is 13.2 Å². The number of fused-ring (bicyclic) bond motifs is 1. The van der Waals surface area contributed by atoms with Crippen molar-refractivity contribution in [3.05, 3.63) is 29.3 Å². The number of hydrogen-bond acceptors (Lipinski definition) is 3. The molecule has 1 atom stereocenters. The molecule has 0 saturated heterocycles. The molecule has 0 saturated carbocycles. The Hall–Kier alpha value is -1.06. The molecular formula is C15H23NO2. The highest BCUT2D eigenvalue weighted by molar-refractivity contribution is 5.40. The molecule has 1 aromatic rings. The standard InChI is InChI=1S/C15H23NO2/c1-4-14(16-18-10-11(2)3)12-5-6-15-13(9-12)7-8-17-15/h5-6,9,11,14,16H,4,7-8,10H2,1-3H3. The number of hydroxylamine groups is 1. The molecule has 1 unspecified atom stereocenters. The van der Waals surface area contributed by atoms with Gasteiger partial charge in [-0.2, -0.15) is 5.48 Å². The van der Waals surface area contributed by atoms with Crippen molar-refractivity contribution in [2.24, 2.45) is 5.92 Å². The van der Waals surface area contributed by atoms with Crippen molar-refractivity contribution in [1.29, 1.82) is 0 Å². The van der Waals surface area contributed by atoms with Crippen LogP contribution in [0.5, 0.6) is 5.75 Å². The normalized spacial score (nSPS) is 15.6. The summed E-state index contributed by atoms with van der Waals surface area (Å²) in [4.78, 5) is 5.54. The van der Waals surface area contributed by atoms with Crippen molar-refractivity contribution in [2.45, 2.75) is 39.7 Å². The number of nitrogens with one attached hydrogen (secondary N) is 1. The molecule has 0 radical (unpaired) electrons. The summed E-state index contributed by atoms with van der Waals surface area (Å²) >= 11 is 0. The lowest BCUT2D eigenvalue weighted by Gasteiger charge is -2.18. The molecule has 0 spiro atoms. The van der Waals surface area contributed by atoms with Crippen molar-refractivity contribution in [3.63, 3.8) is 0 Å². The van der Waals surface area contributed by atoms with E-state index in [1.165, 1.54) is 11.1 Å². The zero-order valence-corrected chi connectivity index (χ0v) is 11.5. The molecule has 2 rings (SSSR count). The van der Waals surface area contributed by atoms with Gasteiger partial charge in [-0.15, -0.1) is 0 Å². The molecule has 100 valence electrons. The fourth-order valence-corrected chi connectivity index (χ4v) is 2.13. The van der Waals surface area contributed by atoms with Crippen LogP contribution < -0.4 is 10.2 Å². The highest BCUT2D eigenvalue weighted by Crippen LogP contribution is 2.29. The lowest BCUT2D eigenvalue weighted by molar-refractivity contribution is -0.000594. The van der Waals surface area contributed by atoms with E-state index < -0.39 is 0 Å². The summed E-state index contributed by atoms with van der Waals surface area (Å²) in [5.74, 6) is 1.58. The average molecular weight is 249 g/mol. The minimum absolute atomic E-state index is 0.259. The van der Waals surface area contributed by atoms with E-state index in [4.69, 9.17) is 9.57 Å². The highest BCUT2D eigenvalue weighted by Gasteiger charge is 2.16. The summed E-state index contributed by atoms with van der Waals surface area (Å²) in [6.45, 7) is 8.02. The molecule has 0 fully saturated rings. The van der Waals surface area contributed by atoms with Gasteiger partial charge in [0, 0.05) is 6.42 Å². The number of hydrogen-bond donors (Lipinski definition) is 1. The molecule has 0 aromatic heterocycles. The van der Waals surface area contributed by atoms with Gasteiger partial charge >= 0.3 is 0 Å². The van der Waals surface area contributed by atoms with Gasteiger partial charge < -0.3 is 9.57 Å². The Morgan fingerprint density at radius 2 is 2.22 bits per heavy atom. The topological polar surface area (TPSA) is 30.5 Å². The summed E-state index contributed by atoms with van der Waals surface area (Å²) in [5.41, 5.74) is 5.77. The lowest BCUT2D eigenvalue weighted by atomic mass is 10.0. The summed E-state index contributed by atoms with van der Waals surface area (Å²) in [5, 5.41) is 0. The Bertz CT molecular complexity index is 390. The minimum Gasteiger partial charge on any atom is -0.493 e. The third-order valence-electron chi connectivity index (χ3n) is 3.17.